The zero-order valence-corrected chi connectivity index (χ0v) is 12.1. The van der Waals surface area contributed by atoms with E-state index in [4.69, 9.17) is 10.8 Å². The molecule has 0 spiro atoms. The molecule has 0 atom stereocenters. The molecule has 1 amide bonds. The van der Waals surface area contributed by atoms with Gasteiger partial charge in [0.05, 0.1) is 11.5 Å². The normalized spacial score (nSPS) is 17.5. The lowest BCUT2D eigenvalue weighted by atomic mass is 10.3. The van der Waals surface area contributed by atoms with Crippen molar-refractivity contribution in [3.8, 4) is 0 Å². The van der Waals surface area contributed by atoms with Gasteiger partial charge in [-0.05, 0) is 26.0 Å². The minimum atomic E-state index is 0.0793. The van der Waals surface area contributed by atoms with Crippen LogP contribution < -0.4 is 5.73 Å². The monoisotopic (exact) mass is 283 g/mol. The third-order valence-electron chi connectivity index (χ3n) is 3.46. The van der Waals surface area contributed by atoms with E-state index in [2.05, 4.69) is 4.90 Å². The van der Waals surface area contributed by atoms with Crippen molar-refractivity contribution in [3.63, 3.8) is 0 Å². The highest BCUT2D eigenvalue weighted by molar-refractivity contribution is 7.14. The van der Waals surface area contributed by atoms with E-state index in [9.17, 15) is 4.79 Å². The van der Waals surface area contributed by atoms with E-state index in [0.717, 1.165) is 42.4 Å². The Morgan fingerprint density at radius 1 is 1.42 bits per heavy atom. The number of β-amino-alcohol motifs (C(OH)–C–C–N with tert-alkyl or cyclic N) is 1. The largest absolute Gasteiger partial charge is 0.398 e. The fourth-order valence-electron chi connectivity index (χ4n) is 2.30. The number of anilines is 1. The first-order chi connectivity index (χ1) is 9.11. The molecule has 1 fully saturated rings. The first kappa shape index (κ1) is 14.3. The molecule has 1 aromatic rings. The molecule has 0 aromatic carbocycles. The molecule has 19 heavy (non-hydrogen) atoms. The Balaban J connectivity index is 1.99. The molecule has 5 nitrogen and oxygen atoms in total. The molecule has 2 rings (SSSR count). The molecule has 3 N–H and O–H groups in total. The van der Waals surface area contributed by atoms with Gasteiger partial charge in [-0.3, -0.25) is 9.69 Å². The second-order valence-corrected chi connectivity index (χ2v) is 6.09. The summed E-state index contributed by atoms with van der Waals surface area (Å²) in [6.45, 7) is 6.05. The summed E-state index contributed by atoms with van der Waals surface area (Å²) >= 11 is 1.46. The molecule has 0 radical (unpaired) electrons. The molecule has 2 heterocycles. The number of aliphatic hydroxyl groups is 1. The van der Waals surface area contributed by atoms with Crippen LogP contribution in [0, 0.1) is 6.92 Å². The van der Waals surface area contributed by atoms with Gasteiger partial charge in [0, 0.05) is 36.7 Å². The Labute approximate surface area is 117 Å². The number of aryl methyl sites for hydroxylation is 1. The van der Waals surface area contributed by atoms with Gasteiger partial charge >= 0.3 is 0 Å². The standard InChI is InChI=1S/C13H21N3O2S/c1-10-11(14)9-12(19-10)13(18)16-4-2-3-15(5-6-16)7-8-17/h9,17H,2-8,14H2,1H3. The van der Waals surface area contributed by atoms with E-state index in [0.29, 0.717) is 12.2 Å². The van der Waals surface area contributed by atoms with Gasteiger partial charge in [-0.1, -0.05) is 0 Å². The number of nitrogen functional groups attached to an aromatic ring is 1. The van der Waals surface area contributed by atoms with Crippen LogP contribution in [0.25, 0.3) is 0 Å². The summed E-state index contributed by atoms with van der Waals surface area (Å²) in [5, 5.41) is 8.96. The summed E-state index contributed by atoms with van der Waals surface area (Å²) in [5.41, 5.74) is 6.50. The fourth-order valence-corrected chi connectivity index (χ4v) is 3.21. The number of nitrogens with two attached hydrogens (primary N) is 1. The minimum Gasteiger partial charge on any atom is -0.398 e. The van der Waals surface area contributed by atoms with Crippen LogP contribution in [0.2, 0.25) is 0 Å². The summed E-state index contributed by atoms with van der Waals surface area (Å²) in [5.74, 6) is 0.0793. The second-order valence-electron chi connectivity index (χ2n) is 4.83. The molecule has 106 valence electrons. The van der Waals surface area contributed by atoms with Gasteiger partial charge in [0.15, 0.2) is 0 Å². The molecular formula is C13H21N3O2S. The van der Waals surface area contributed by atoms with Crippen molar-refractivity contribution >= 4 is 22.9 Å². The maximum absolute atomic E-state index is 12.4. The first-order valence-electron chi connectivity index (χ1n) is 6.60. The average molecular weight is 283 g/mol. The van der Waals surface area contributed by atoms with E-state index in [1.54, 1.807) is 6.07 Å². The Hall–Kier alpha value is -1.11. The number of hydrogen-bond donors (Lipinski definition) is 2. The van der Waals surface area contributed by atoms with Gasteiger partial charge in [-0.15, -0.1) is 11.3 Å². The van der Waals surface area contributed by atoms with Crippen molar-refractivity contribution in [2.24, 2.45) is 0 Å². The van der Waals surface area contributed by atoms with Crippen molar-refractivity contribution in [2.45, 2.75) is 13.3 Å². The highest BCUT2D eigenvalue weighted by Crippen LogP contribution is 2.25. The van der Waals surface area contributed by atoms with Gasteiger partial charge in [-0.2, -0.15) is 0 Å². The van der Waals surface area contributed by atoms with E-state index in [1.165, 1.54) is 11.3 Å². The lowest BCUT2D eigenvalue weighted by Crippen LogP contribution is -2.35. The highest BCUT2D eigenvalue weighted by atomic mass is 32.1. The van der Waals surface area contributed by atoms with Crippen LogP contribution in [-0.2, 0) is 0 Å². The molecule has 0 bridgehead atoms. The predicted molar refractivity (Wildman–Crippen MR) is 77.5 cm³/mol. The molecule has 1 aliphatic rings. The van der Waals surface area contributed by atoms with Gasteiger partial charge in [0.25, 0.3) is 5.91 Å². The summed E-state index contributed by atoms with van der Waals surface area (Å²) in [6.07, 6.45) is 0.950. The maximum atomic E-state index is 12.4. The molecule has 1 aromatic heterocycles. The van der Waals surface area contributed by atoms with Crippen LogP contribution in [0.1, 0.15) is 21.0 Å². The number of thiophene rings is 1. The smallest absolute Gasteiger partial charge is 0.264 e. The van der Waals surface area contributed by atoms with Crippen LogP contribution in [0.3, 0.4) is 0 Å². The maximum Gasteiger partial charge on any atom is 0.264 e. The van der Waals surface area contributed by atoms with Crippen LogP contribution >= 0.6 is 11.3 Å². The first-order valence-corrected chi connectivity index (χ1v) is 7.42. The molecule has 0 aliphatic carbocycles. The zero-order chi connectivity index (χ0) is 13.8. The Kier molecular flexibility index (Phi) is 4.79. The van der Waals surface area contributed by atoms with Crippen LogP contribution in [-0.4, -0.2) is 60.1 Å². The van der Waals surface area contributed by atoms with Crippen LogP contribution in [0.15, 0.2) is 6.07 Å². The van der Waals surface area contributed by atoms with E-state index < -0.39 is 0 Å². The quantitative estimate of drug-likeness (QED) is 0.860. The third-order valence-corrected chi connectivity index (χ3v) is 4.51. The summed E-state index contributed by atoms with van der Waals surface area (Å²) < 4.78 is 0. The van der Waals surface area contributed by atoms with Gasteiger partial charge in [0.1, 0.15) is 0 Å². The molecule has 0 saturated carbocycles. The third kappa shape index (κ3) is 3.46. The Morgan fingerprint density at radius 3 is 2.84 bits per heavy atom. The number of aliphatic hydroxyl groups excluding tert-OH is 1. The van der Waals surface area contributed by atoms with Gasteiger partial charge in [0.2, 0.25) is 0 Å². The van der Waals surface area contributed by atoms with Crippen LogP contribution in [0.4, 0.5) is 5.69 Å². The number of carbonyl (C=O) groups is 1. The highest BCUT2D eigenvalue weighted by Gasteiger charge is 2.21. The van der Waals surface area contributed by atoms with Crippen molar-refractivity contribution < 1.29 is 9.90 Å². The molecule has 0 unspecified atom stereocenters. The van der Waals surface area contributed by atoms with E-state index in [-0.39, 0.29) is 12.5 Å². The second kappa shape index (κ2) is 6.36. The lowest BCUT2D eigenvalue weighted by molar-refractivity contribution is 0.0765. The van der Waals surface area contributed by atoms with E-state index in [1.807, 2.05) is 11.8 Å². The number of amides is 1. The van der Waals surface area contributed by atoms with Gasteiger partial charge < -0.3 is 15.7 Å². The number of nitrogens with zero attached hydrogens (tertiary/aromatic N) is 2. The Bertz CT molecular complexity index is 428. The predicted octanol–water partition coefficient (Wildman–Crippen LogP) is 0.779. The van der Waals surface area contributed by atoms with Crippen LogP contribution in [0.5, 0.6) is 0 Å². The molecule has 1 saturated heterocycles. The van der Waals surface area contributed by atoms with Crippen molar-refractivity contribution in [1.82, 2.24) is 9.80 Å². The zero-order valence-electron chi connectivity index (χ0n) is 11.3. The topological polar surface area (TPSA) is 69.8 Å². The SMILES string of the molecule is Cc1sc(C(=O)N2CCCN(CCO)CC2)cc1N. The number of carbonyl (C=O) groups excluding carboxylic acids is 1. The number of rotatable bonds is 3. The molecular weight excluding hydrogens is 262 g/mol. The fraction of sp³-hybridized carbons (Fsp3) is 0.615. The van der Waals surface area contributed by atoms with Crippen molar-refractivity contribution in [3.05, 3.63) is 15.8 Å². The van der Waals surface area contributed by atoms with Crippen molar-refractivity contribution in [1.29, 1.82) is 0 Å². The van der Waals surface area contributed by atoms with E-state index >= 15 is 0 Å². The minimum absolute atomic E-state index is 0.0793. The van der Waals surface area contributed by atoms with Gasteiger partial charge in [-0.25, -0.2) is 0 Å². The summed E-state index contributed by atoms with van der Waals surface area (Å²) in [7, 11) is 0. The summed E-state index contributed by atoms with van der Waals surface area (Å²) in [6, 6.07) is 1.78. The number of hydrogen-bond acceptors (Lipinski definition) is 5. The average Bonchev–Trinajstić information content (AvgIpc) is 2.61. The lowest BCUT2D eigenvalue weighted by Gasteiger charge is -2.20. The molecule has 6 heteroatoms. The summed E-state index contributed by atoms with van der Waals surface area (Å²) in [4.78, 5) is 18.2. The molecule has 1 aliphatic heterocycles. The van der Waals surface area contributed by atoms with Crippen molar-refractivity contribution in [2.75, 3.05) is 45.1 Å². The Morgan fingerprint density at radius 2 is 2.21 bits per heavy atom.